The molecule has 1 aromatic carbocycles. The highest BCUT2D eigenvalue weighted by atomic mass is 32.2. The first-order chi connectivity index (χ1) is 17.3. The number of hydrogen-bond acceptors (Lipinski definition) is 11. The number of amides is 2. The fourth-order valence-electron chi connectivity index (χ4n) is 4.23. The van der Waals surface area contributed by atoms with Crippen molar-refractivity contribution in [1.82, 2.24) is 24.3 Å². The highest BCUT2D eigenvalue weighted by Crippen LogP contribution is 2.40. The van der Waals surface area contributed by atoms with Crippen molar-refractivity contribution in [2.24, 2.45) is 12.2 Å². The third-order valence-corrected chi connectivity index (χ3v) is 7.77. The van der Waals surface area contributed by atoms with Crippen LogP contribution in [0.3, 0.4) is 0 Å². The molecule has 1 saturated heterocycles. The monoisotopic (exact) mass is 528 g/mol. The number of hydrogen-bond donors (Lipinski definition) is 2. The van der Waals surface area contributed by atoms with Gasteiger partial charge < -0.3 is 25.8 Å². The molecular formula is C21H20N8O5S2. The predicted molar refractivity (Wildman–Crippen MR) is 128 cm³/mol. The number of nitrogens with one attached hydrogen (secondary N) is 1. The Hall–Kier alpha value is -3.98. The molecular weight excluding hydrogens is 508 g/mol. The maximum Gasteiger partial charge on any atom is 0.278 e. The summed E-state index contributed by atoms with van der Waals surface area (Å²) in [5, 5.41) is 18.9. The molecule has 4 heterocycles. The Morgan fingerprint density at radius 3 is 2.83 bits per heavy atom. The zero-order chi connectivity index (χ0) is 25.6. The van der Waals surface area contributed by atoms with Crippen LogP contribution in [0.5, 0.6) is 0 Å². The van der Waals surface area contributed by atoms with Crippen LogP contribution in [0, 0.1) is 0 Å². The van der Waals surface area contributed by atoms with Crippen LogP contribution in [0.1, 0.15) is 5.82 Å². The van der Waals surface area contributed by atoms with Gasteiger partial charge in [0.2, 0.25) is 17.7 Å². The summed E-state index contributed by atoms with van der Waals surface area (Å²) in [6.07, 6.45) is 1.92. The number of oxime groups is 1. The van der Waals surface area contributed by atoms with Crippen molar-refractivity contribution in [1.29, 1.82) is 0 Å². The molecule has 0 unspecified atom stereocenters. The number of carboxylic acid groups (broad SMARTS) is 1. The van der Waals surface area contributed by atoms with E-state index in [9.17, 15) is 19.5 Å². The zero-order valence-corrected chi connectivity index (χ0v) is 20.7. The van der Waals surface area contributed by atoms with Crippen LogP contribution in [0.15, 0.2) is 46.9 Å². The van der Waals surface area contributed by atoms with E-state index in [2.05, 4.69) is 19.8 Å². The maximum atomic E-state index is 13.0. The Labute approximate surface area is 212 Å². The second-order valence-electron chi connectivity index (χ2n) is 7.99. The third kappa shape index (κ3) is 3.95. The van der Waals surface area contributed by atoms with E-state index in [1.165, 1.54) is 23.8 Å². The van der Waals surface area contributed by atoms with Gasteiger partial charge in [0.05, 0.1) is 24.1 Å². The topological polar surface area (TPSA) is 172 Å². The van der Waals surface area contributed by atoms with Crippen LogP contribution >= 0.6 is 23.3 Å². The Morgan fingerprint density at radius 1 is 1.39 bits per heavy atom. The van der Waals surface area contributed by atoms with E-state index in [1.54, 1.807) is 0 Å². The summed E-state index contributed by atoms with van der Waals surface area (Å²) in [6.45, 7) is 0.260. The quantitative estimate of drug-likeness (QED) is 0.158. The number of thioether (sulfide) groups is 1. The van der Waals surface area contributed by atoms with E-state index in [0.717, 1.165) is 22.4 Å². The highest BCUT2D eigenvalue weighted by Gasteiger charge is 2.53. The van der Waals surface area contributed by atoms with Crippen molar-refractivity contribution in [3.05, 3.63) is 47.6 Å². The lowest BCUT2D eigenvalue weighted by atomic mass is 10.0. The van der Waals surface area contributed by atoms with Gasteiger partial charge in [0.25, 0.3) is 11.8 Å². The summed E-state index contributed by atoms with van der Waals surface area (Å²) in [7, 11) is 3.13. The Balaban J connectivity index is 1.38. The second kappa shape index (κ2) is 9.23. The molecule has 1 fully saturated rings. The minimum absolute atomic E-state index is 0.0404. The molecule has 2 aliphatic heterocycles. The average molecular weight is 529 g/mol. The predicted octanol–water partition coefficient (Wildman–Crippen LogP) is -1.65. The lowest BCUT2D eigenvalue weighted by molar-refractivity contribution is -0.764. The molecule has 0 aliphatic carbocycles. The number of benzene rings is 1. The van der Waals surface area contributed by atoms with E-state index < -0.39 is 29.2 Å². The van der Waals surface area contributed by atoms with Gasteiger partial charge in [-0.2, -0.15) is 14.0 Å². The second-order valence-corrected chi connectivity index (χ2v) is 9.88. The largest absolute Gasteiger partial charge is 0.543 e. The molecule has 15 heteroatoms. The highest BCUT2D eigenvalue weighted by molar-refractivity contribution is 8.00. The van der Waals surface area contributed by atoms with Crippen molar-refractivity contribution < 1.29 is 29.0 Å². The van der Waals surface area contributed by atoms with Crippen molar-refractivity contribution >= 4 is 62.8 Å². The Morgan fingerprint density at radius 2 is 2.17 bits per heavy atom. The van der Waals surface area contributed by atoms with Crippen LogP contribution in [0.4, 0.5) is 5.13 Å². The molecule has 5 rings (SSSR count). The summed E-state index contributed by atoms with van der Waals surface area (Å²) in [5.41, 5.74) is 6.69. The van der Waals surface area contributed by atoms with Gasteiger partial charge in [-0.25, -0.2) is 0 Å². The van der Waals surface area contributed by atoms with Crippen molar-refractivity contribution in [2.45, 2.75) is 18.0 Å². The number of nitrogens with two attached hydrogens (primary N) is 1. The van der Waals surface area contributed by atoms with Gasteiger partial charge in [0.15, 0.2) is 11.7 Å². The summed E-state index contributed by atoms with van der Waals surface area (Å²) in [5.74, 6) is -2.47. The van der Waals surface area contributed by atoms with E-state index in [0.29, 0.717) is 11.3 Å². The van der Waals surface area contributed by atoms with Crippen LogP contribution in [0.25, 0.3) is 10.9 Å². The van der Waals surface area contributed by atoms with Crippen LogP contribution in [0.2, 0.25) is 0 Å². The number of aliphatic carboxylic acids is 1. The number of carboxylic acids is 1. The van der Waals surface area contributed by atoms with Crippen molar-refractivity contribution in [3.8, 4) is 0 Å². The smallest absolute Gasteiger partial charge is 0.278 e. The molecule has 2 aliphatic rings. The van der Waals surface area contributed by atoms with Gasteiger partial charge in [-0.1, -0.05) is 17.3 Å². The minimum atomic E-state index is -1.45. The third-order valence-electron chi connectivity index (χ3n) is 5.89. The number of carbonyl (C=O) groups excluding carboxylic acids is 3. The van der Waals surface area contributed by atoms with Crippen LogP contribution < -0.4 is 20.8 Å². The minimum Gasteiger partial charge on any atom is -0.543 e. The number of fused-ring (bicyclic) bond motifs is 2. The molecule has 3 aromatic rings. The number of para-hydroxylation sites is 1. The van der Waals surface area contributed by atoms with Gasteiger partial charge in [-0.05, 0) is 12.1 Å². The zero-order valence-electron chi connectivity index (χ0n) is 19.1. The maximum absolute atomic E-state index is 13.0. The number of aryl methyl sites for hydroxylation is 1. The SMILES string of the molecule is CO/N=C(\C(=O)N[C@@H]1C(=O)N2C(C(=O)[O-])=C(C[n+]3cc4ccccc4n3C)CS[C@H]12)c1nsc(N)n1. The molecule has 0 spiro atoms. The van der Waals surface area contributed by atoms with Gasteiger partial charge in [-0.15, -0.1) is 16.4 Å². The fourth-order valence-corrected chi connectivity index (χ4v) is 6.00. The van der Waals surface area contributed by atoms with Crippen LogP contribution in [-0.2, 0) is 32.8 Å². The molecule has 2 amide bonds. The molecule has 0 bridgehead atoms. The Kier molecular flexibility index (Phi) is 6.09. The van der Waals surface area contributed by atoms with E-state index in [1.807, 2.05) is 46.9 Å². The molecule has 13 nitrogen and oxygen atoms in total. The number of aromatic nitrogens is 4. The fraction of sp³-hybridized carbons (Fsp3) is 0.286. The van der Waals surface area contributed by atoms with Crippen molar-refractivity contribution in [2.75, 3.05) is 18.6 Å². The van der Waals surface area contributed by atoms with E-state index >= 15 is 0 Å². The first-order valence-corrected chi connectivity index (χ1v) is 12.5. The van der Waals surface area contributed by atoms with Gasteiger partial charge in [-0.3, -0.25) is 14.5 Å². The van der Waals surface area contributed by atoms with Crippen LogP contribution in [-0.4, -0.2) is 66.7 Å². The molecule has 36 heavy (non-hydrogen) atoms. The average Bonchev–Trinajstić information content (AvgIpc) is 3.43. The van der Waals surface area contributed by atoms with E-state index in [-0.39, 0.29) is 28.9 Å². The number of carbonyl (C=O) groups is 3. The first kappa shape index (κ1) is 23.7. The molecule has 2 atom stereocenters. The summed E-state index contributed by atoms with van der Waals surface area (Å²) in [4.78, 5) is 47.8. The first-order valence-electron chi connectivity index (χ1n) is 10.6. The molecule has 186 valence electrons. The summed E-state index contributed by atoms with van der Waals surface area (Å²) < 4.78 is 7.75. The van der Waals surface area contributed by atoms with Gasteiger partial charge in [0.1, 0.15) is 24.0 Å². The lowest BCUT2D eigenvalue weighted by Gasteiger charge is -2.50. The summed E-state index contributed by atoms with van der Waals surface area (Å²) >= 11 is 2.23. The Bertz CT molecular complexity index is 1460. The van der Waals surface area contributed by atoms with Gasteiger partial charge in [0, 0.05) is 22.9 Å². The number of β-lactam (4-membered cyclic amide) rings is 1. The standard InChI is InChI=1S/C21H20N8O5S2/c1-27-12-6-4-3-5-10(12)7-28(27)8-11-9-35-19-14(18(31)29(19)15(11)20(32)33)23-17(30)13(25-34-2)16-24-21(22)36-26-16/h3-7,14,19H,8-9H2,1-2H3,(H3-,22,23,24,26,30,32,33)/b25-13-/t14-,19-/m1/s1. The number of rotatable bonds is 7. The van der Waals surface area contributed by atoms with Gasteiger partial charge >= 0.3 is 0 Å². The number of nitrogens with zero attached hydrogens (tertiary/aromatic N) is 6. The molecule has 0 radical (unpaired) electrons. The van der Waals surface area contributed by atoms with E-state index in [4.69, 9.17) is 10.6 Å². The lowest BCUT2D eigenvalue weighted by Crippen LogP contribution is -2.71. The summed E-state index contributed by atoms with van der Waals surface area (Å²) in [6, 6.07) is 6.81. The molecule has 0 saturated carbocycles. The molecule has 2 aromatic heterocycles. The normalized spacial score (nSPS) is 19.8. The van der Waals surface area contributed by atoms with Crippen molar-refractivity contribution in [3.63, 3.8) is 0 Å². The number of nitrogen functional groups attached to an aromatic ring is 1. The number of anilines is 1. The molecule has 3 N–H and O–H groups in total.